The Morgan fingerprint density at radius 3 is 2.65 bits per heavy atom. The molecule has 2 aliphatic rings. The lowest BCUT2D eigenvalue weighted by molar-refractivity contribution is -0.385. The smallest absolute Gasteiger partial charge is 0.269 e. The second kappa shape index (κ2) is 7.55. The summed E-state index contributed by atoms with van der Waals surface area (Å²) < 4.78 is 6.26. The van der Waals surface area contributed by atoms with E-state index in [0.29, 0.717) is 27.8 Å². The Morgan fingerprint density at radius 1 is 1.13 bits per heavy atom. The van der Waals surface area contributed by atoms with Crippen molar-refractivity contribution in [1.29, 1.82) is 0 Å². The van der Waals surface area contributed by atoms with E-state index in [2.05, 4.69) is 0 Å². The van der Waals surface area contributed by atoms with E-state index >= 15 is 0 Å². The molecule has 5 rings (SSSR count). The molecule has 156 valence electrons. The largest absolute Gasteiger partial charge is 0.463 e. The maximum atomic E-state index is 11.3. The van der Waals surface area contributed by atoms with Crippen LogP contribution in [0.15, 0.2) is 65.8 Å². The summed E-state index contributed by atoms with van der Waals surface area (Å²) in [7, 11) is 0. The SMILES string of the molecule is Cc1ccc(C2=NN3[C@H](C2)c2cc(Cl)cc(Cl)c2O[C@@H]3c2cccc([N+](=O)[O-])c2)cc1. The van der Waals surface area contributed by atoms with E-state index < -0.39 is 11.2 Å². The van der Waals surface area contributed by atoms with Crippen LogP contribution in [0.1, 0.15) is 40.9 Å². The number of nitro groups is 1. The Bertz CT molecular complexity index is 1230. The summed E-state index contributed by atoms with van der Waals surface area (Å²) in [6.45, 7) is 2.04. The molecule has 0 saturated carbocycles. The van der Waals surface area contributed by atoms with E-state index in [0.717, 1.165) is 16.8 Å². The van der Waals surface area contributed by atoms with Gasteiger partial charge in [-0.1, -0.05) is 65.2 Å². The molecule has 0 radical (unpaired) electrons. The Morgan fingerprint density at radius 2 is 1.90 bits per heavy atom. The maximum Gasteiger partial charge on any atom is 0.269 e. The van der Waals surface area contributed by atoms with Crippen LogP contribution in [0.3, 0.4) is 0 Å². The van der Waals surface area contributed by atoms with E-state index in [1.807, 2.05) is 42.3 Å². The molecule has 0 bridgehead atoms. The Hall–Kier alpha value is -3.09. The molecule has 0 amide bonds. The number of hydrogen-bond acceptors (Lipinski definition) is 5. The standard InChI is InChI=1S/C23H17Cl2N3O3/c1-13-5-7-14(8-6-13)20-12-21-18-10-16(24)11-19(25)22(18)31-23(27(21)26-20)15-3-2-4-17(9-15)28(29)30/h2-11,21,23H,12H2,1H3/t21-,23-/m1/s1. The van der Waals surface area contributed by atoms with Crippen LogP contribution in [0.5, 0.6) is 5.75 Å². The minimum Gasteiger partial charge on any atom is -0.463 e. The van der Waals surface area contributed by atoms with Crippen molar-refractivity contribution in [3.63, 3.8) is 0 Å². The average Bonchev–Trinajstić information content (AvgIpc) is 3.19. The number of hydrazone groups is 1. The number of hydrogen-bond donors (Lipinski definition) is 0. The first-order valence-electron chi connectivity index (χ1n) is 9.73. The zero-order valence-electron chi connectivity index (χ0n) is 16.5. The lowest BCUT2D eigenvalue weighted by Crippen LogP contribution is -2.33. The van der Waals surface area contributed by atoms with Gasteiger partial charge in [-0.3, -0.25) is 10.1 Å². The lowest BCUT2D eigenvalue weighted by atomic mass is 9.95. The molecule has 0 saturated heterocycles. The van der Waals surface area contributed by atoms with Gasteiger partial charge in [0.05, 0.1) is 21.7 Å². The summed E-state index contributed by atoms with van der Waals surface area (Å²) in [6.07, 6.45) is -0.0133. The van der Waals surface area contributed by atoms with Crippen LogP contribution in [-0.4, -0.2) is 15.6 Å². The lowest BCUT2D eigenvalue weighted by Gasteiger charge is -2.38. The Kier molecular flexibility index (Phi) is 4.84. The zero-order chi connectivity index (χ0) is 21.7. The van der Waals surface area contributed by atoms with E-state index in [9.17, 15) is 10.1 Å². The zero-order valence-corrected chi connectivity index (χ0v) is 18.0. The number of rotatable bonds is 3. The highest BCUT2D eigenvalue weighted by atomic mass is 35.5. The van der Waals surface area contributed by atoms with Crippen LogP contribution in [0.4, 0.5) is 5.69 Å². The van der Waals surface area contributed by atoms with Crippen molar-refractivity contribution in [2.45, 2.75) is 25.6 Å². The Labute approximate surface area is 188 Å². The predicted octanol–water partition coefficient (Wildman–Crippen LogP) is 6.45. The molecule has 0 unspecified atom stereocenters. The third kappa shape index (κ3) is 3.52. The minimum absolute atomic E-state index is 0.00687. The van der Waals surface area contributed by atoms with Gasteiger partial charge < -0.3 is 4.74 Å². The van der Waals surface area contributed by atoms with Gasteiger partial charge in [-0.05, 0) is 24.6 Å². The molecule has 6 nitrogen and oxygen atoms in total. The van der Waals surface area contributed by atoms with E-state index in [1.165, 1.54) is 17.7 Å². The summed E-state index contributed by atoms with van der Waals surface area (Å²) in [4.78, 5) is 10.9. The molecular weight excluding hydrogens is 437 g/mol. The van der Waals surface area contributed by atoms with Gasteiger partial charge in [0.25, 0.3) is 5.69 Å². The van der Waals surface area contributed by atoms with Crippen molar-refractivity contribution >= 4 is 34.6 Å². The van der Waals surface area contributed by atoms with Crippen LogP contribution in [0.25, 0.3) is 0 Å². The van der Waals surface area contributed by atoms with Gasteiger partial charge in [0, 0.05) is 34.7 Å². The molecule has 0 spiro atoms. The number of fused-ring (bicyclic) bond motifs is 3. The van der Waals surface area contributed by atoms with Crippen LogP contribution >= 0.6 is 23.2 Å². The molecule has 31 heavy (non-hydrogen) atoms. The van der Waals surface area contributed by atoms with Crippen molar-refractivity contribution in [2.24, 2.45) is 5.10 Å². The first kappa shape index (κ1) is 19.8. The summed E-state index contributed by atoms with van der Waals surface area (Å²) in [5, 5.41) is 18.9. The van der Waals surface area contributed by atoms with E-state index in [4.69, 9.17) is 33.0 Å². The van der Waals surface area contributed by atoms with Crippen LogP contribution < -0.4 is 4.74 Å². The van der Waals surface area contributed by atoms with Gasteiger partial charge in [-0.2, -0.15) is 5.10 Å². The fourth-order valence-electron chi connectivity index (χ4n) is 4.05. The van der Waals surface area contributed by atoms with Gasteiger partial charge >= 0.3 is 0 Å². The van der Waals surface area contributed by atoms with Crippen molar-refractivity contribution in [2.75, 3.05) is 0 Å². The molecule has 0 aromatic heterocycles. The Balaban J connectivity index is 1.63. The second-order valence-electron chi connectivity index (χ2n) is 7.64. The molecular formula is C23H17Cl2N3O3. The highest BCUT2D eigenvalue weighted by molar-refractivity contribution is 6.35. The molecule has 0 fully saturated rings. The molecule has 2 atom stereocenters. The first-order valence-corrected chi connectivity index (χ1v) is 10.5. The summed E-state index contributed by atoms with van der Waals surface area (Å²) in [6, 6.07) is 17.9. The quantitative estimate of drug-likeness (QED) is 0.337. The minimum atomic E-state index is -0.654. The van der Waals surface area contributed by atoms with Gasteiger partial charge in [0.2, 0.25) is 6.23 Å². The summed E-state index contributed by atoms with van der Waals surface area (Å²) in [5.74, 6) is 0.532. The third-order valence-corrected chi connectivity index (χ3v) is 6.06. The average molecular weight is 454 g/mol. The van der Waals surface area contributed by atoms with Crippen molar-refractivity contribution in [3.8, 4) is 5.75 Å². The fraction of sp³-hybridized carbons (Fsp3) is 0.174. The van der Waals surface area contributed by atoms with Crippen LogP contribution in [-0.2, 0) is 0 Å². The number of aryl methyl sites for hydroxylation is 1. The predicted molar refractivity (Wildman–Crippen MR) is 120 cm³/mol. The highest BCUT2D eigenvalue weighted by Crippen LogP contribution is 2.51. The number of nitrogens with zero attached hydrogens (tertiary/aromatic N) is 3. The summed E-state index contributed by atoms with van der Waals surface area (Å²) >= 11 is 12.8. The molecule has 3 aromatic rings. The van der Waals surface area contributed by atoms with E-state index in [1.54, 1.807) is 18.2 Å². The molecule has 3 aromatic carbocycles. The van der Waals surface area contributed by atoms with Gasteiger partial charge in [-0.15, -0.1) is 0 Å². The second-order valence-corrected chi connectivity index (χ2v) is 8.48. The number of ether oxygens (including phenoxy) is 1. The van der Waals surface area contributed by atoms with Crippen LogP contribution in [0.2, 0.25) is 10.0 Å². The number of non-ortho nitro benzene ring substituents is 1. The molecule has 2 aliphatic heterocycles. The molecule has 8 heteroatoms. The van der Waals surface area contributed by atoms with Crippen molar-refractivity contribution in [3.05, 3.63) is 103 Å². The maximum absolute atomic E-state index is 11.3. The fourth-order valence-corrected chi connectivity index (χ4v) is 4.60. The van der Waals surface area contributed by atoms with Gasteiger partial charge in [0.15, 0.2) is 0 Å². The van der Waals surface area contributed by atoms with Crippen LogP contribution in [0, 0.1) is 17.0 Å². The highest BCUT2D eigenvalue weighted by Gasteiger charge is 2.42. The normalized spacial score (nSPS) is 19.3. The summed E-state index contributed by atoms with van der Waals surface area (Å²) in [5.41, 5.74) is 4.57. The van der Waals surface area contributed by atoms with Gasteiger partial charge in [0.1, 0.15) is 5.75 Å². The van der Waals surface area contributed by atoms with E-state index in [-0.39, 0.29) is 11.7 Å². The molecule has 0 aliphatic carbocycles. The number of halogens is 2. The number of nitro benzene ring substituents is 1. The monoisotopic (exact) mass is 453 g/mol. The topological polar surface area (TPSA) is 68.0 Å². The van der Waals surface area contributed by atoms with Gasteiger partial charge in [-0.25, -0.2) is 5.01 Å². The first-order chi connectivity index (χ1) is 14.9. The van der Waals surface area contributed by atoms with Crippen molar-refractivity contribution < 1.29 is 9.66 Å². The third-order valence-electron chi connectivity index (χ3n) is 5.56. The molecule has 2 heterocycles. The number of benzene rings is 3. The van der Waals surface area contributed by atoms with Crippen molar-refractivity contribution in [1.82, 2.24) is 5.01 Å². The molecule has 0 N–H and O–H groups in total.